The van der Waals surface area contributed by atoms with Crippen LogP contribution in [0.1, 0.15) is 39.0 Å². The smallest absolute Gasteiger partial charge is 0.328 e. The number of non-ortho nitro benzene ring substituents is 1. The number of carbonyl (C=O) groups is 2. The van der Waals surface area contributed by atoms with E-state index in [0.29, 0.717) is 11.8 Å². The highest BCUT2D eigenvalue weighted by atomic mass is 16.6. The number of carboxylic acids is 1. The second-order valence-corrected chi connectivity index (χ2v) is 10.0. The molecule has 1 amide bonds. The van der Waals surface area contributed by atoms with E-state index < -0.39 is 35.5 Å². The van der Waals surface area contributed by atoms with Crippen molar-refractivity contribution in [2.75, 3.05) is 26.8 Å². The third-order valence-electron chi connectivity index (χ3n) is 7.72. The number of nitrogens with zero attached hydrogens (tertiary/aromatic N) is 3. The molecular formula is C30H34N4O8. The number of benzene rings is 2. The summed E-state index contributed by atoms with van der Waals surface area (Å²) in [4.78, 5) is 39.2. The summed E-state index contributed by atoms with van der Waals surface area (Å²) in [6.45, 7) is 2.52. The summed E-state index contributed by atoms with van der Waals surface area (Å²) < 4.78 is 26.5. The average molecular weight is 582 g/mol. The van der Waals surface area contributed by atoms with Crippen molar-refractivity contribution in [2.24, 2.45) is 11.8 Å². The molecular weight excluding hydrogens is 544 g/mol. The van der Waals surface area contributed by atoms with E-state index >= 15 is 0 Å². The zero-order chi connectivity index (χ0) is 33.1. The lowest BCUT2D eigenvalue weighted by atomic mass is 9.73. The van der Waals surface area contributed by atoms with Gasteiger partial charge < -0.3 is 25.4 Å². The zero-order valence-electron chi connectivity index (χ0n) is 25.8. The van der Waals surface area contributed by atoms with Gasteiger partial charge in [0.15, 0.2) is 6.02 Å². The number of amides is 1. The number of aromatic nitrogens is 1. The molecule has 12 nitrogen and oxygen atoms in total. The average Bonchev–Trinajstić information content (AvgIpc) is 3.03. The maximum Gasteiger partial charge on any atom is 0.328 e. The normalized spacial score (nSPS) is 24.4. The number of hydrogen-bond donors (Lipinski definition) is 4. The fraction of sp³-hybridized carbons (Fsp3) is 0.367. The molecule has 3 aromatic rings. The van der Waals surface area contributed by atoms with Gasteiger partial charge in [-0.2, -0.15) is 0 Å². The van der Waals surface area contributed by atoms with Gasteiger partial charge in [-0.05, 0) is 73.2 Å². The van der Waals surface area contributed by atoms with Crippen molar-refractivity contribution >= 4 is 28.5 Å². The molecule has 4 heterocycles. The Balaban J connectivity index is 0.000000207. The molecule has 0 spiro atoms. The Hall–Kier alpha value is -4.39. The number of aliphatic hydroxyl groups is 2. The Bertz CT molecular complexity index is 1590. The molecule has 2 aromatic carbocycles. The predicted octanol–water partition coefficient (Wildman–Crippen LogP) is 2.94. The van der Waals surface area contributed by atoms with Crippen LogP contribution in [0.5, 0.6) is 5.75 Å². The topological polar surface area (TPSA) is 175 Å². The molecule has 0 radical (unpaired) electrons. The van der Waals surface area contributed by atoms with Crippen molar-refractivity contribution in [2.45, 2.75) is 31.0 Å². The van der Waals surface area contributed by atoms with Gasteiger partial charge in [0.2, 0.25) is 0 Å². The van der Waals surface area contributed by atoms with Crippen molar-refractivity contribution in [3.63, 3.8) is 0 Å². The van der Waals surface area contributed by atoms with Gasteiger partial charge in [-0.15, -0.1) is 6.58 Å². The SMILES string of the molecule is C=C[C@H]1CN2CC[C@H]1C[C@H]2[C@H](O)c1ccnc2ccc(OC)cc12.[2H]C([2H])(O)[C@@]([2H])(NC(=O)c1ccc([N+](=O)[O-])cc1)C(=O)O. The number of nitro benzene ring substituents is 1. The number of methoxy groups -OCH3 is 1. The summed E-state index contributed by atoms with van der Waals surface area (Å²) >= 11 is 0. The van der Waals surface area contributed by atoms with Crippen molar-refractivity contribution in [3.8, 4) is 5.75 Å². The van der Waals surface area contributed by atoms with Crippen molar-refractivity contribution < 1.29 is 38.7 Å². The number of rotatable bonds is 9. The first-order chi connectivity index (χ1) is 21.2. The number of hydrogen-bond acceptors (Lipinski definition) is 9. The number of carboxylic acid groups (broad SMARTS) is 1. The number of aliphatic carboxylic acids is 1. The number of aliphatic hydroxyl groups excluding tert-OH is 1. The number of pyridine rings is 1. The molecule has 6 atom stereocenters. The molecule has 3 saturated heterocycles. The van der Waals surface area contributed by atoms with Crippen LogP contribution in [0.15, 0.2) is 67.4 Å². The number of nitro groups is 1. The number of ether oxygens (including phenoxy) is 1. The lowest BCUT2D eigenvalue weighted by Gasteiger charge is -2.50. The fourth-order valence-corrected chi connectivity index (χ4v) is 5.49. The number of piperidine rings is 3. The molecule has 42 heavy (non-hydrogen) atoms. The monoisotopic (exact) mass is 581 g/mol. The van der Waals surface area contributed by atoms with Crippen LogP contribution in [-0.2, 0) is 4.79 Å². The van der Waals surface area contributed by atoms with E-state index in [2.05, 4.69) is 22.5 Å². The van der Waals surface area contributed by atoms with Crippen molar-refractivity contribution in [1.82, 2.24) is 15.2 Å². The third kappa shape index (κ3) is 6.73. The number of carbonyl (C=O) groups excluding carboxylic acids is 1. The summed E-state index contributed by atoms with van der Waals surface area (Å²) in [5, 5.41) is 42.0. The van der Waals surface area contributed by atoms with Gasteiger partial charge >= 0.3 is 5.97 Å². The third-order valence-corrected chi connectivity index (χ3v) is 7.72. The minimum atomic E-state index is -3.55. The number of nitrogens with one attached hydrogen (secondary N) is 1. The van der Waals surface area contributed by atoms with E-state index in [0.717, 1.165) is 66.0 Å². The van der Waals surface area contributed by atoms with Crippen LogP contribution < -0.4 is 10.1 Å². The van der Waals surface area contributed by atoms with Gasteiger partial charge in [-0.3, -0.25) is 24.8 Å². The van der Waals surface area contributed by atoms with Gasteiger partial charge in [-0.1, -0.05) is 6.08 Å². The lowest BCUT2D eigenvalue weighted by molar-refractivity contribution is -0.384. The van der Waals surface area contributed by atoms with E-state index in [1.807, 2.05) is 24.3 Å². The summed E-state index contributed by atoms with van der Waals surface area (Å²) in [6.07, 6.45) is 5.62. The lowest BCUT2D eigenvalue weighted by Crippen LogP contribution is -2.54. The van der Waals surface area contributed by atoms with Gasteiger partial charge in [-0.25, -0.2) is 4.79 Å². The standard InChI is InChI=1S/C20H24N2O2.C10H10N2O6/c1-3-13-12-22-9-7-14(13)10-19(22)20(23)16-6-8-21-18-5-4-15(24-2)11-17(16)18;13-5-8(10(15)16)11-9(14)6-1-3-7(4-2-6)12(17)18/h3-6,8,11,13-14,19-20,23H,1,7,9-10,12H2,2H3;1-4,8,13H,5H2,(H,11,14)(H,15,16)/t13-,14-,19-,20+;8-/m01/s1/i;5D2,8D. The highest BCUT2D eigenvalue weighted by molar-refractivity contribution is 5.96. The molecule has 6 rings (SSSR count). The van der Waals surface area contributed by atoms with E-state index in [4.69, 9.17) is 19.1 Å². The maximum absolute atomic E-state index is 11.8. The largest absolute Gasteiger partial charge is 0.497 e. The molecule has 0 aliphatic carbocycles. The van der Waals surface area contributed by atoms with Gasteiger partial charge in [0, 0.05) is 41.9 Å². The van der Waals surface area contributed by atoms with E-state index in [9.17, 15) is 24.8 Å². The highest BCUT2D eigenvalue weighted by Gasteiger charge is 2.42. The second-order valence-electron chi connectivity index (χ2n) is 10.0. The predicted molar refractivity (Wildman–Crippen MR) is 154 cm³/mol. The zero-order valence-corrected chi connectivity index (χ0v) is 22.8. The molecule has 12 heteroatoms. The first-order valence-corrected chi connectivity index (χ1v) is 13.2. The molecule has 222 valence electrons. The Morgan fingerprint density at radius 3 is 2.64 bits per heavy atom. The first-order valence-electron chi connectivity index (χ1n) is 14.7. The van der Waals surface area contributed by atoms with Crippen LogP contribution in [0.4, 0.5) is 5.69 Å². The molecule has 4 N–H and O–H groups in total. The van der Waals surface area contributed by atoms with Gasteiger partial charge in [0.05, 0.1) is 34.3 Å². The Kier molecular flexibility index (Phi) is 8.53. The van der Waals surface area contributed by atoms with Crippen molar-refractivity contribution in [3.05, 3.63) is 88.6 Å². The summed E-state index contributed by atoms with van der Waals surface area (Å²) in [5.74, 6) is -1.28. The minimum absolute atomic E-state index is 0.178. The fourth-order valence-electron chi connectivity index (χ4n) is 5.49. The Morgan fingerprint density at radius 2 is 2.07 bits per heavy atom. The first kappa shape index (κ1) is 26.5. The molecule has 1 aromatic heterocycles. The van der Waals surface area contributed by atoms with Crippen LogP contribution in [0.3, 0.4) is 0 Å². The summed E-state index contributed by atoms with van der Waals surface area (Å²) in [7, 11) is 1.66. The molecule has 0 saturated carbocycles. The van der Waals surface area contributed by atoms with Crippen molar-refractivity contribution in [1.29, 1.82) is 0 Å². The Labute approximate surface area is 246 Å². The molecule has 3 aliphatic heterocycles. The van der Waals surface area contributed by atoms with Gasteiger partial charge in [0.25, 0.3) is 11.6 Å². The summed E-state index contributed by atoms with van der Waals surface area (Å²) in [6, 6.07) is 8.60. The highest BCUT2D eigenvalue weighted by Crippen LogP contribution is 2.42. The number of fused-ring (bicyclic) bond motifs is 4. The Morgan fingerprint density at radius 1 is 1.33 bits per heavy atom. The molecule has 3 fully saturated rings. The summed E-state index contributed by atoms with van der Waals surface area (Å²) in [5.41, 5.74) is 1.31. The molecule has 1 unspecified atom stereocenters. The van der Waals surface area contributed by atoms with Crippen LogP contribution in [0.25, 0.3) is 10.9 Å². The molecule has 3 aliphatic rings. The van der Waals surface area contributed by atoms with Crippen LogP contribution >= 0.6 is 0 Å². The van der Waals surface area contributed by atoms with Gasteiger partial charge in [0.1, 0.15) is 5.75 Å². The quantitative estimate of drug-likeness (QED) is 0.167. The maximum atomic E-state index is 11.8. The van der Waals surface area contributed by atoms with Crippen LogP contribution in [0.2, 0.25) is 0 Å². The minimum Gasteiger partial charge on any atom is -0.497 e. The van der Waals surface area contributed by atoms with E-state index in [-0.39, 0.29) is 17.3 Å². The second kappa shape index (κ2) is 13.5. The van der Waals surface area contributed by atoms with Crippen LogP contribution in [-0.4, -0.2) is 80.8 Å². The van der Waals surface area contributed by atoms with E-state index in [1.54, 1.807) is 13.3 Å². The molecule has 2 bridgehead atoms. The van der Waals surface area contributed by atoms with E-state index in [1.165, 1.54) is 11.7 Å². The van der Waals surface area contributed by atoms with Crippen LogP contribution in [0, 0.1) is 22.0 Å².